The van der Waals surface area contributed by atoms with Crippen LogP contribution < -0.4 is 5.32 Å². The highest BCUT2D eigenvalue weighted by Crippen LogP contribution is 2.04. The average Bonchev–Trinajstić information content (AvgIpc) is 2.34. The van der Waals surface area contributed by atoms with Crippen molar-refractivity contribution in [3.8, 4) is 0 Å². The Morgan fingerprint density at radius 3 is 2.90 bits per heavy atom. The fourth-order valence-corrected chi connectivity index (χ4v) is 1.05. The van der Waals surface area contributed by atoms with Crippen LogP contribution in [-0.4, -0.2) is 29.1 Å². The first-order chi connectivity index (χ1) is 4.79. The second kappa shape index (κ2) is 3.71. The zero-order chi connectivity index (χ0) is 7.40. The molecule has 0 radical (unpaired) electrons. The van der Waals surface area contributed by atoms with Crippen LogP contribution in [0.25, 0.3) is 0 Å². The number of hydrogen-bond donors (Lipinski definition) is 3. The van der Waals surface area contributed by atoms with Gasteiger partial charge in [-0.15, -0.1) is 0 Å². The molecule has 0 saturated carbocycles. The zero-order valence-corrected chi connectivity index (χ0v) is 5.83. The summed E-state index contributed by atoms with van der Waals surface area (Å²) in [4.78, 5) is 0. The van der Waals surface area contributed by atoms with Gasteiger partial charge in [0.15, 0.2) is 6.29 Å². The van der Waals surface area contributed by atoms with Gasteiger partial charge in [0, 0.05) is 12.6 Å². The number of hydrogen-bond acceptors (Lipinski definition) is 3. The molecule has 0 fully saturated rings. The highest BCUT2D eigenvalue weighted by atomic mass is 16.5. The zero-order valence-electron chi connectivity index (χ0n) is 5.83. The van der Waals surface area contributed by atoms with Gasteiger partial charge in [-0.1, -0.05) is 12.2 Å². The third-order valence-corrected chi connectivity index (χ3v) is 1.60. The minimum Gasteiger partial charge on any atom is -0.368 e. The van der Waals surface area contributed by atoms with E-state index in [1.54, 1.807) is 0 Å². The first kappa shape index (κ1) is 7.72. The molecule has 58 valence electrons. The molecule has 0 saturated heterocycles. The van der Waals surface area contributed by atoms with Gasteiger partial charge >= 0.3 is 0 Å². The van der Waals surface area contributed by atoms with E-state index in [4.69, 9.17) is 10.2 Å². The van der Waals surface area contributed by atoms with Gasteiger partial charge in [-0.2, -0.15) is 0 Å². The number of aliphatic hydroxyl groups is 2. The third kappa shape index (κ3) is 2.47. The van der Waals surface area contributed by atoms with Crippen molar-refractivity contribution in [1.29, 1.82) is 0 Å². The van der Waals surface area contributed by atoms with E-state index in [9.17, 15) is 0 Å². The maximum absolute atomic E-state index is 8.52. The van der Waals surface area contributed by atoms with E-state index in [1.807, 2.05) is 0 Å². The summed E-state index contributed by atoms with van der Waals surface area (Å²) in [6.07, 6.45) is 4.20. The molecular weight excluding hydrogens is 130 g/mol. The molecule has 1 heterocycles. The molecular formula is C7H13NO2. The molecule has 1 rings (SSSR count). The Morgan fingerprint density at radius 1 is 1.60 bits per heavy atom. The summed E-state index contributed by atoms with van der Waals surface area (Å²) in [6, 6.07) is 0.349. The van der Waals surface area contributed by atoms with Gasteiger partial charge < -0.3 is 15.5 Å². The molecule has 0 aromatic carbocycles. The van der Waals surface area contributed by atoms with Crippen molar-refractivity contribution >= 4 is 0 Å². The van der Waals surface area contributed by atoms with E-state index in [0.29, 0.717) is 12.5 Å². The van der Waals surface area contributed by atoms with Gasteiger partial charge in [-0.25, -0.2) is 0 Å². The van der Waals surface area contributed by atoms with Gasteiger partial charge in [0.05, 0.1) is 0 Å². The van der Waals surface area contributed by atoms with E-state index < -0.39 is 6.29 Å². The van der Waals surface area contributed by atoms with E-state index in [1.165, 1.54) is 0 Å². The van der Waals surface area contributed by atoms with Crippen LogP contribution in [0, 0.1) is 0 Å². The van der Waals surface area contributed by atoms with Crippen molar-refractivity contribution in [1.82, 2.24) is 5.32 Å². The fourth-order valence-electron chi connectivity index (χ4n) is 1.05. The second-order valence-corrected chi connectivity index (χ2v) is 2.50. The molecule has 1 aliphatic heterocycles. The molecule has 0 bridgehead atoms. The van der Waals surface area contributed by atoms with Crippen molar-refractivity contribution < 1.29 is 10.2 Å². The fraction of sp³-hybridized carbons (Fsp3) is 0.714. The van der Waals surface area contributed by atoms with Gasteiger partial charge in [0.1, 0.15) is 0 Å². The first-order valence-electron chi connectivity index (χ1n) is 3.55. The lowest BCUT2D eigenvalue weighted by atomic mass is 10.2. The Morgan fingerprint density at radius 2 is 2.40 bits per heavy atom. The minimum atomic E-state index is -1.16. The van der Waals surface area contributed by atoms with E-state index in [0.717, 1.165) is 13.0 Å². The smallest absolute Gasteiger partial charge is 0.151 e. The van der Waals surface area contributed by atoms with Gasteiger partial charge in [-0.3, -0.25) is 0 Å². The molecule has 1 unspecified atom stereocenters. The number of rotatable bonds is 3. The predicted octanol–water partition coefficient (Wildman–Crippen LogP) is -0.395. The monoisotopic (exact) mass is 143 g/mol. The first-order valence-corrected chi connectivity index (χ1v) is 3.55. The Labute approximate surface area is 60.4 Å². The molecule has 0 aromatic heterocycles. The molecule has 0 amide bonds. The average molecular weight is 143 g/mol. The Bertz CT molecular complexity index is 123. The Kier molecular flexibility index (Phi) is 2.86. The summed E-state index contributed by atoms with van der Waals surface area (Å²) in [6.45, 7) is 0.909. The molecule has 0 aliphatic carbocycles. The maximum Gasteiger partial charge on any atom is 0.151 e. The topological polar surface area (TPSA) is 52.5 Å². The largest absolute Gasteiger partial charge is 0.368 e. The van der Waals surface area contributed by atoms with Crippen molar-refractivity contribution in [2.24, 2.45) is 0 Å². The van der Waals surface area contributed by atoms with Crippen LogP contribution in [0.15, 0.2) is 12.2 Å². The van der Waals surface area contributed by atoms with Gasteiger partial charge in [0.25, 0.3) is 0 Å². The van der Waals surface area contributed by atoms with Crippen LogP contribution in [0.5, 0.6) is 0 Å². The molecule has 1 atom stereocenters. The van der Waals surface area contributed by atoms with Crippen molar-refractivity contribution in [2.45, 2.75) is 25.2 Å². The minimum absolute atomic E-state index is 0.349. The van der Waals surface area contributed by atoms with Crippen LogP contribution in [0.3, 0.4) is 0 Å². The van der Waals surface area contributed by atoms with Crippen LogP contribution in [-0.2, 0) is 0 Å². The quantitative estimate of drug-likeness (QED) is 0.372. The SMILES string of the molecule is OC(O)CCC1C=CCN1. The predicted molar refractivity (Wildman–Crippen MR) is 38.4 cm³/mol. The molecule has 3 N–H and O–H groups in total. The third-order valence-electron chi connectivity index (χ3n) is 1.60. The van der Waals surface area contributed by atoms with Gasteiger partial charge in [0.2, 0.25) is 0 Å². The highest BCUT2D eigenvalue weighted by molar-refractivity contribution is 5.01. The van der Waals surface area contributed by atoms with Crippen LogP contribution in [0.1, 0.15) is 12.8 Å². The second-order valence-electron chi connectivity index (χ2n) is 2.50. The summed E-state index contributed by atoms with van der Waals surface area (Å²) in [5.74, 6) is 0. The molecule has 1 aliphatic rings. The van der Waals surface area contributed by atoms with E-state index in [2.05, 4.69) is 17.5 Å². The lowest BCUT2D eigenvalue weighted by Gasteiger charge is -2.08. The van der Waals surface area contributed by atoms with Gasteiger partial charge in [-0.05, 0) is 12.8 Å². The molecule has 10 heavy (non-hydrogen) atoms. The van der Waals surface area contributed by atoms with Crippen LogP contribution >= 0.6 is 0 Å². The summed E-state index contributed by atoms with van der Waals surface area (Å²) in [5, 5.41) is 20.2. The molecule has 0 aromatic rings. The lowest BCUT2D eigenvalue weighted by Crippen LogP contribution is -2.23. The number of nitrogens with one attached hydrogen (secondary N) is 1. The summed E-state index contributed by atoms with van der Waals surface area (Å²) in [5.41, 5.74) is 0. The van der Waals surface area contributed by atoms with Crippen LogP contribution in [0.2, 0.25) is 0 Å². The Balaban J connectivity index is 2.08. The summed E-state index contributed by atoms with van der Waals surface area (Å²) < 4.78 is 0. The van der Waals surface area contributed by atoms with Crippen molar-refractivity contribution in [2.75, 3.05) is 6.54 Å². The van der Waals surface area contributed by atoms with E-state index >= 15 is 0 Å². The maximum atomic E-state index is 8.52. The molecule has 3 heteroatoms. The van der Waals surface area contributed by atoms with Crippen molar-refractivity contribution in [3.63, 3.8) is 0 Å². The van der Waals surface area contributed by atoms with E-state index in [-0.39, 0.29) is 0 Å². The normalized spacial score (nSPS) is 24.5. The standard InChI is InChI=1S/C7H13NO2/c9-7(10)4-3-6-2-1-5-8-6/h1-2,6-10H,3-5H2. The highest BCUT2D eigenvalue weighted by Gasteiger charge is 2.08. The summed E-state index contributed by atoms with van der Waals surface area (Å²) >= 11 is 0. The van der Waals surface area contributed by atoms with Crippen molar-refractivity contribution in [3.05, 3.63) is 12.2 Å². The Hall–Kier alpha value is -0.380. The lowest BCUT2D eigenvalue weighted by molar-refractivity contribution is -0.0469. The van der Waals surface area contributed by atoms with Crippen LogP contribution in [0.4, 0.5) is 0 Å². The molecule has 0 spiro atoms. The number of aliphatic hydroxyl groups excluding tert-OH is 1. The summed E-state index contributed by atoms with van der Waals surface area (Å²) in [7, 11) is 0. The molecule has 3 nitrogen and oxygen atoms in total.